The van der Waals surface area contributed by atoms with Gasteiger partial charge >= 0.3 is 0 Å². The molecule has 0 spiro atoms. The molecule has 23 heavy (non-hydrogen) atoms. The van der Waals surface area contributed by atoms with E-state index in [1.807, 2.05) is 37.3 Å². The number of benzene rings is 2. The second-order valence-corrected chi connectivity index (χ2v) is 5.53. The Morgan fingerprint density at radius 1 is 1.17 bits per heavy atom. The van der Waals surface area contributed by atoms with Crippen LogP contribution in [-0.2, 0) is 6.54 Å². The molecule has 0 fully saturated rings. The maximum absolute atomic E-state index is 6.19. The quantitative estimate of drug-likeness (QED) is 0.588. The largest absolute Gasteiger partial charge is 0.491 e. The Morgan fingerprint density at radius 2 is 1.91 bits per heavy atom. The molecule has 2 rings (SSSR count). The minimum Gasteiger partial charge on any atom is -0.491 e. The lowest BCUT2D eigenvalue weighted by molar-refractivity contribution is 0.311. The van der Waals surface area contributed by atoms with Gasteiger partial charge in [0.15, 0.2) is 11.5 Å². The molecule has 122 valence electrons. The molecule has 4 nitrogen and oxygen atoms in total. The average Bonchev–Trinajstić information content (AvgIpc) is 2.53. The molecule has 0 bridgehead atoms. The van der Waals surface area contributed by atoms with E-state index < -0.39 is 0 Å². The van der Waals surface area contributed by atoms with Gasteiger partial charge in [-0.3, -0.25) is 0 Å². The van der Waals surface area contributed by atoms with E-state index in [0.29, 0.717) is 34.7 Å². The summed E-state index contributed by atoms with van der Waals surface area (Å²) >= 11 is 12.0. The summed E-state index contributed by atoms with van der Waals surface area (Å²) in [6.45, 7) is 3.04. The highest BCUT2D eigenvalue weighted by Crippen LogP contribution is 2.35. The van der Waals surface area contributed by atoms with Crippen LogP contribution < -0.4 is 14.9 Å². The maximum Gasteiger partial charge on any atom is 0.179 e. The molecular formula is C17H18Cl2N2O2. The van der Waals surface area contributed by atoms with Crippen LogP contribution in [0.5, 0.6) is 11.5 Å². The van der Waals surface area contributed by atoms with Crippen LogP contribution in [0.25, 0.3) is 0 Å². The molecule has 6 heteroatoms. The molecule has 0 aliphatic rings. The second kappa shape index (κ2) is 8.65. The predicted octanol–water partition coefficient (Wildman–Crippen LogP) is 4.52. The predicted molar refractivity (Wildman–Crippen MR) is 95.1 cm³/mol. The van der Waals surface area contributed by atoms with Gasteiger partial charge in [0.1, 0.15) is 0 Å². The first-order chi connectivity index (χ1) is 11.1. The van der Waals surface area contributed by atoms with Crippen molar-refractivity contribution in [3.05, 3.63) is 57.6 Å². The summed E-state index contributed by atoms with van der Waals surface area (Å²) in [5.41, 5.74) is 4.89. The van der Waals surface area contributed by atoms with Crippen LogP contribution in [0.3, 0.4) is 0 Å². The summed E-state index contributed by atoms with van der Waals surface area (Å²) in [7, 11) is 1.56. The molecule has 0 heterocycles. The lowest BCUT2D eigenvalue weighted by atomic mass is 10.2. The fraction of sp³-hybridized carbons (Fsp3) is 0.235. The van der Waals surface area contributed by atoms with Crippen molar-refractivity contribution < 1.29 is 9.47 Å². The van der Waals surface area contributed by atoms with Crippen molar-refractivity contribution in [2.24, 2.45) is 5.10 Å². The Morgan fingerprint density at radius 3 is 2.57 bits per heavy atom. The van der Waals surface area contributed by atoms with Crippen LogP contribution in [0.4, 0.5) is 0 Å². The SMILES string of the molecule is CCOc1cc(/C=N\NCc2ccc(Cl)cc2)cc(Cl)c1OC. The van der Waals surface area contributed by atoms with Gasteiger partial charge in [0.2, 0.25) is 0 Å². The Kier molecular flexibility index (Phi) is 6.56. The van der Waals surface area contributed by atoms with Gasteiger partial charge in [0, 0.05) is 5.02 Å². The highest BCUT2D eigenvalue weighted by Gasteiger charge is 2.10. The molecule has 2 aromatic rings. The minimum atomic E-state index is 0.484. The molecule has 1 N–H and O–H groups in total. The number of ether oxygens (including phenoxy) is 2. The van der Waals surface area contributed by atoms with Gasteiger partial charge in [-0.15, -0.1) is 0 Å². The molecule has 0 amide bonds. The standard InChI is InChI=1S/C17H18Cl2N2O2/c1-3-23-16-9-13(8-15(19)17(16)22-2)11-21-20-10-12-4-6-14(18)7-5-12/h4-9,11,20H,3,10H2,1-2H3/b21-11-. The van der Waals surface area contributed by atoms with E-state index in [1.165, 1.54) is 0 Å². The van der Waals surface area contributed by atoms with Crippen molar-refractivity contribution in [1.29, 1.82) is 0 Å². The summed E-state index contributed by atoms with van der Waals surface area (Å²) in [6, 6.07) is 11.2. The number of hydrogen-bond acceptors (Lipinski definition) is 4. The molecule has 0 aliphatic heterocycles. The zero-order valence-corrected chi connectivity index (χ0v) is 14.5. The van der Waals surface area contributed by atoms with Crippen LogP contribution in [0.15, 0.2) is 41.5 Å². The fourth-order valence-corrected chi connectivity index (χ4v) is 2.41. The maximum atomic E-state index is 6.19. The van der Waals surface area contributed by atoms with E-state index >= 15 is 0 Å². The van der Waals surface area contributed by atoms with Crippen LogP contribution in [0, 0.1) is 0 Å². The smallest absolute Gasteiger partial charge is 0.179 e. The Hall–Kier alpha value is -1.91. The van der Waals surface area contributed by atoms with E-state index in [2.05, 4.69) is 10.5 Å². The zero-order chi connectivity index (χ0) is 16.7. The molecule has 0 aliphatic carbocycles. The Labute approximate surface area is 146 Å². The van der Waals surface area contributed by atoms with Gasteiger partial charge in [-0.2, -0.15) is 5.10 Å². The van der Waals surface area contributed by atoms with Crippen molar-refractivity contribution in [1.82, 2.24) is 5.43 Å². The number of hydrogen-bond donors (Lipinski definition) is 1. The molecule has 0 unspecified atom stereocenters. The first-order valence-corrected chi connectivity index (χ1v) is 7.90. The fourth-order valence-electron chi connectivity index (χ4n) is 1.98. The number of halogens is 2. The van der Waals surface area contributed by atoms with E-state index in [4.69, 9.17) is 32.7 Å². The van der Waals surface area contributed by atoms with Crippen molar-refractivity contribution in [3.63, 3.8) is 0 Å². The third-order valence-corrected chi connectivity index (χ3v) is 3.57. The molecule has 0 saturated carbocycles. The summed E-state index contributed by atoms with van der Waals surface area (Å²) in [5.74, 6) is 1.13. The van der Waals surface area contributed by atoms with Crippen molar-refractivity contribution >= 4 is 29.4 Å². The third-order valence-electron chi connectivity index (χ3n) is 3.04. The van der Waals surface area contributed by atoms with Gasteiger partial charge in [0.05, 0.1) is 31.5 Å². The van der Waals surface area contributed by atoms with Gasteiger partial charge in [-0.25, -0.2) is 0 Å². The molecule has 2 aromatic carbocycles. The van der Waals surface area contributed by atoms with E-state index in [0.717, 1.165) is 11.1 Å². The summed E-state index contributed by atoms with van der Waals surface area (Å²) in [6.07, 6.45) is 1.68. The summed E-state index contributed by atoms with van der Waals surface area (Å²) in [5, 5.41) is 5.39. The first-order valence-electron chi connectivity index (χ1n) is 7.14. The molecule has 0 saturated heterocycles. The highest BCUT2D eigenvalue weighted by molar-refractivity contribution is 6.32. The lowest BCUT2D eigenvalue weighted by Gasteiger charge is -2.11. The van der Waals surface area contributed by atoms with Crippen molar-refractivity contribution in [3.8, 4) is 11.5 Å². The van der Waals surface area contributed by atoms with Gasteiger partial charge in [0.25, 0.3) is 0 Å². The Bertz CT molecular complexity index is 673. The van der Waals surface area contributed by atoms with Crippen LogP contribution in [-0.4, -0.2) is 19.9 Å². The van der Waals surface area contributed by atoms with Gasteiger partial charge < -0.3 is 14.9 Å². The normalized spacial score (nSPS) is 10.8. The van der Waals surface area contributed by atoms with E-state index in [1.54, 1.807) is 19.4 Å². The van der Waals surface area contributed by atoms with E-state index in [9.17, 15) is 0 Å². The second-order valence-electron chi connectivity index (χ2n) is 4.69. The van der Waals surface area contributed by atoms with Crippen molar-refractivity contribution in [2.45, 2.75) is 13.5 Å². The Balaban J connectivity index is 2.02. The third kappa shape index (κ3) is 5.05. The first kappa shape index (κ1) is 17.4. The van der Waals surface area contributed by atoms with Crippen LogP contribution >= 0.6 is 23.2 Å². The minimum absolute atomic E-state index is 0.484. The molecular weight excluding hydrogens is 335 g/mol. The van der Waals surface area contributed by atoms with Crippen LogP contribution in [0.2, 0.25) is 10.0 Å². The highest BCUT2D eigenvalue weighted by atomic mass is 35.5. The number of nitrogens with one attached hydrogen (secondary N) is 1. The van der Waals surface area contributed by atoms with Gasteiger partial charge in [-0.05, 0) is 42.3 Å². The topological polar surface area (TPSA) is 42.8 Å². The number of rotatable bonds is 7. The molecule has 0 atom stereocenters. The van der Waals surface area contributed by atoms with E-state index in [-0.39, 0.29) is 0 Å². The lowest BCUT2D eigenvalue weighted by Crippen LogP contribution is -2.05. The molecule has 0 aromatic heterocycles. The van der Waals surface area contributed by atoms with Crippen LogP contribution in [0.1, 0.15) is 18.1 Å². The average molecular weight is 353 g/mol. The van der Waals surface area contributed by atoms with Crippen molar-refractivity contribution in [2.75, 3.05) is 13.7 Å². The number of nitrogens with zero attached hydrogens (tertiary/aromatic N) is 1. The monoisotopic (exact) mass is 352 g/mol. The number of methoxy groups -OCH3 is 1. The van der Waals surface area contributed by atoms with Gasteiger partial charge in [-0.1, -0.05) is 35.3 Å². The molecule has 0 radical (unpaired) electrons. The summed E-state index contributed by atoms with van der Waals surface area (Å²) < 4.78 is 10.8. The summed E-state index contributed by atoms with van der Waals surface area (Å²) in [4.78, 5) is 0. The number of hydrazone groups is 1. The zero-order valence-electron chi connectivity index (χ0n) is 13.0.